The molecule has 21 heavy (non-hydrogen) atoms. The second-order valence-corrected chi connectivity index (χ2v) is 6.42. The monoisotopic (exact) mass is 308 g/mol. The summed E-state index contributed by atoms with van der Waals surface area (Å²) < 4.78 is 0. The molecule has 1 aliphatic rings. The van der Waals surface area contributed by atoms with Crippen LogP contribution in [0.2, 0.25) is 0 Å². The maximum Gasteiger partial charge on any atom is 0.320 e. The number of aliphatic carboxylic acids is 1. The summed E-state index contributed by atoms with van der Waals surface area (Å²) in [7, 11) is 0. The van der Waals surface area contributed by atoms with Crippen LogP contribution in [0.1, 0.15) is 19.3 Å². The van der Waals surface area contributed by atoms with Gasteiger partial charge in [-0.25, -0.2) is 0 Å². The molecule has 1 heterocycles. The summed E-state index contributed by atoms with van der Waals surface area (Å²) in [6.07, 6.45) is 4.70. The van der Waals surface area contributed by atoms with Crippen LogP contribution in [0, 0.1) is 0 Å². The number of para-hydroxylation sites is 1. The van der Waals surface area contributed by atoms with Gasteiger partial charge in [0.15, 0.2) is 0 Å². The van der Waals surface area contributed by atoms with E-state index in [9.17, 15) is 9.90 Å². The van der Waals surface area contributed by atoms with E-state index in [2.05, 4.69) is 34.5 Å². The summed E-state index contributed by atoms with van der Waals surface area (Å²) in [4.78, 5) is 13.7. The molecule has 0 aromatic heterocycles. The van der Waals surface area contributed by atoms with E-state index in [1.54, 1.807) is 11.8 Å². The quantitative estimate of drug-likeness (QED) is 0.810. The van der Waals surface area contributed by atoms with Gasteiger partial charge in [0.25, 0.3) is 0 Å². The lowest BCUT2D eigenvalue weighted by Crippen LogP contribution is -2.49. The van der Waals surface area contributed by atoms with Gasteiger partial charge in [-0.05, 0) is 43.4 Å². The summed E-state index contributed by atoms with van der Waals surface area (Å²) in [6, 6.07) is 10.3. The molecule has 0 amide bonds. The predicted octanol–water partition coefficient (Wildman–Crippen LogP) is 2.45. The number of nitrogens with one attached hydrogen (secondary N) is 1. The van der Waals surface area contributed by atoms with Crippen molar-refractivity contribution in [3.05, 3.63) is 30.3 Å². The Hall–Kier alpha value is -1.20. The van der Waals surface area contributed by atoms with Gasteiger partial charge in [0.05, 0.1) is 0 Å². The molecule has 1 fully saturated rings. The molecule has 0 radical (unpaired) electrons. The highest BCUT2D eigenvalue weighted by Gasteiger charge is 2.24. The lowest BCUT2D eigenvalue weighted by molar-refractivity contribution is -0.139. The third kappa shape index (κ3) is 4.93. The SMILES string of the molecule is CSCC[C@@H](NC1CCN(c2ccccc2)CC1)C(=O)O. The van der Waals surface area contributed by atoms with E-state index in [1.807, 2.05) is 12.3 Å². The zero-order chi connectivity index (χ0) is 15.1. The lowest BCUT2D eigenvalue weighted by atomic mass is 10.0. The number of piperidine rings is 1. The zero-order valence-electron chi connectivity index (χ0n) is 12.5. The zero-order valence-corrected chi connectivity index (χ0v) is 13.3. The van der Waals surface area contributed by atoms with Gasteiger partial charge in [-0.3, -0.25) is 4.79 Å². The van der Waals surface area contributed by atoms with Crippen molar-refractivity contribution in [3.8, 4) is 0 Å². The van der Waals surface area contributed by atoms with Crippen LogP contribution < -0.4 is 10.2 Å². The number of hydrogen-bond donors (Lipinski definition) is 2. The molecule has 2 N–H and O–H groups in total. The van der Waals surface area contributed by atoms with Crippen molar-refractivity contribution in [1.29, 1.82) is 0 Å². The van der Waals surface area contributed by atoms with Crippen LogP contribution in [-0.4, -0.2) is 48.3 Å². The molecule has 116 valence electrons. The Morgan fingerprint density at radius 2 is 2.05 bits per heavy atom. The van der Waals surface area contributed by atoms with E-state index in [0.29, 0.717) is 12.5 Å². The molecule has 0 aliphatic carbocycles. The predicted molar refractivity (Wildman–Crippen MR) is 89.2 cm³/mol. The molecule has 0 saturated carbocycles. The van der Waals surface area contributed by atoms with Gasteiger partial charge >= 0.3 is 5.97 Å². The number of rotatable bonds is 7. The minimum atomic E-state index is -0.727. The molecule has 4 nitrogen and oxygen atoms in total. The molecule has 0 bridgehead atoms. The fraction of sp³-hybridized carbons (Fsp3) is 0.562. The largest absolute Gasteiger partial charge is 0.480 e. The van der Waals surface area contributed by atoms with Gasteiger partial charge in [0, 0.05) is 24.8 Å². The summed E-state index contributed by atoms with van der Waals surface area (Å²) >= 11 is 1.70. The Morgan fingerprint density at radius 3 is 2.62 bits per heavy atom. The molecular formula is C16H24N2O2S. The van der Waals surface area contributed by atoms with Gasteiger partial charge in [-0.15, -0.1) is 0 Å². The second kappa shape index (κ2) is 8.29. The third-order valence-electron chi connectivity index (χ3n) is 3.96. The maximum atomic E-state index is 11.3. The molecule has 0 unspecified atom stereocenters. The summed E-state index contributed by atoms with van der Waals surface area (Å²) in [5.74, 6) is 0.154. The highest BCUT2D eigenvalue weighted by Crippen LogP contribution is 2.20. The molecule has 1 aromatic carbocycles. The van der Waals surface area contributed by atoms with Crippen molar-refractivity contribution in [2.45, 2.75) is 31.3 Å². The number of benzene rings is 1. The lowest BCUT2D eigenvalue weighted by Gasteiger charge is -2.35. The van der Waals surface area contributed by atoms with Crippen LogP contribution in [0.5, 0.6) is 0 Å². The molecule has 1 aromatic rings. The Morgan fingerprint density at radius 1 is 1.38 bits per heavy atom. The average molecular weight is 308 g/mol. The number of nitrogens with zero attached hydrogens (tertiary/aromatic N) is 1. The summed E-state index contributed by atoms with van der Waals surface area (Å²) in [5, 5.41) is 12.6. The molecule has 1 aliphatic heterocycles. The van der Waals surface area contributed by atoms with Crippen LogP contribution in [0.3, 0.4) is 0 Å². The number of carbonyl (C=O) groups is 1. The van der Waals surface area contributed by atoms with Gasteiger partial charge in [0.2, 0.25) is 0 Å². The van der Waals surface area contributed by atoms with E-state index < -0.39 is 12.0 Å². The van der Waals surface area contributed by atoms with E-state index in [4.69, 9.17) is 0 Å². The number of hydrogen-bond acceptors (Lipinski definition) is 4. The van der Waals surface area contributed by atoms with Gasteiger partial charge < -0.3 is 15.3 Å². The summed E-state index contributed by atoms with van der Waals surface area (Å²) in [6.45, 7) is 1.97. The third-order valence-corrected chi connectivity index (χ3v) is 4.61. The first-order valence-electron chi connectivity index (χ1n) is 7.48. The average Bonchev–Trinajstić information content (AvgIpc) is 2.52. The van der Waals surface area contributed by atoms with Crippen molar-refractivity contribution in [2.24, 2.45) is 0 Å². The van der Waals surface area contributed by atoms with Crippen LogP contribution in [0.4, 0.5) is 5.69 Å². The topological polar surface area (TPSA) is 52.6 Å². The highest BCUT2D eigenvalue weighted by molar-refractivity contribution is 7.98. The van der Waals surface area contributed by atoms with Crippen LogP contribution >= 0.6 is 11.8 Å². The molecule has 1 atom stereocenters. The van der Waals surface area contributed by atoms with Crippen molar-refractivity contribution in [1.82, 2.24) is 5.32 Å². The van der Waals surface area contributed by atoms with Crippen LogP contribution in [0.15, 0.2) is 30.3 Å². The van der Waals surface area contributed by atoms with E-state index >= 15 is 0 Å². The molecular weight excluding hydrogens is 284 g/mol. The highest BCUT2D eigenvalue weighted by atomic mass is 32.2. The first kappa shape index (κ1) is 16.2. The molecule has 0 spiro atoms. The number of thioether (sulfide) groups is 1. The summed E-state index contributed by atoms with van der Waals surface area (Å²) in [5.41, 5.74) is 1.26. The molecule has 1 saturated heterocycles. The first-order valence-corrected chi connectivity index (χ1v) is 8.88. The fourth-order valence-electron chi connectivity index (χ4n) is 2.74. The maximum absolute atomic E-state index is 11.3. The number of carboxylic acids is 1. The normalized spacial score (nSPS) is 17.7. The minimum Gasteiger partial charge on any atom is -0.480 e. The fourth-order valence-corrected chi connectivity index (χ4v) is 3.21. The van der Waals surface area contributed by atoms with Crippen molar-refractivity contribution < 1.29 is 9.90 Å². The number of anilines is 1. The standard InChI is InChI=1S/C16H24N2O2S/c1-21-12-9-15(16(19)20)17-13-7-10-18(11-8-13)14-5-3-2-4-6-14/h2-6,13,15,17H,7-12H2,1H3,(H,19,20)/t15-/m1/s1. The van der Waals surface area contributed by atoms with Gasteiger partial charge in [-0.2, -0.15) is 11.8 Å². The van der Waals surface area contributed by atoms with E-state index in [1.165, 1.54) is 5.69 Å². The second-order valence-electron chi connectivity index (χ2n) is 5.44. The Bertz CT molecular complexity index is 433. The number of carboxylic acid groups (broad SMARTS) is 1. The Labute approximate surface area is 130 Å². The molecule has 2 rings (SSSR count). The van der Waals surface area contributed by atoms with E-state index in [-0.39, 0.29) is 0 Å². The first-order chi connectivity index (χ1) is 10.2. The van der Waals surface area contributed by atoms with Crippen molar-refractivity contribution >= 4 is 23.4 Å². The van der Waals surface area contributed by atoms with Gasteiger partial charge in [-0.1, -0.05) is 18.2 Å². The minimum absolute atomic E-state index is 0.313. The van der Waals surface area contributed by atoms with Crippen LogP contribution in [0.25, 0.3) is 0 Å². The smallest absolute Gasteiger partial charge is 0.320 e. The Kier molecular flexibility index (Phi) is 6.39. The van der Waals surface area contributed by atoms with Crippen molar-refractivity contribution in [2.75, 3.05) is 30.0 Å². The van der Waals surface area contributed by atoms with Crippen LogP contribution in [-0.2, 0) is 4.79 Å². The van der Waals surface area contributed by atoms with E-state index in [0.717, 1.165) is 31.7 Å². The van der Waals surface area contributed by atoms with Gasteiger partial charge in [0.1, 0.15) is 6.04 Å². The molecule has 5 heteroatoms. The Balaban J connectivity index is 1.81. The van der Waals surface area contributed by atoms with Crippen molar-refractivity contribution in [3.63, 3.8) is 0 Å².